The van der Waals surface area contributed by atoms with Crippen LogP contribution in [0.1, 0.15) is 12.0 Å². The van der Waals surface area contributed by atoms with Gasteiger partial charge in [-0.2, -0.15) is 0 Å². The molecule has 1 aliphatic rings. The van der Waals surface area contributed by atoms with Gasteiger partial charge in [0, 0.05) is 42.4 Å². The molecule has 0 aliphatic carbocycles. The van der Waals surface area contributed by atoms with E-state index in [0.29, 0.717) is 0 Å². The summed E-state index contributed by atoms with van der Waals surface area (Å²) in [4.78, 5) is 5.88. The molecule has 22 heavy (non-hydrogen) atoms. The molecule has 1 aromatic carbocycles. The predicted molar refractivity (Wildman–Crippen MR) is 87.1 cm³/mol. The maximum absolute atomic E-state index is 3.88. The molecular formula is C17H19N5. The van der Waals surface area contributed by atoms with E-state index in [2.05, 4.69) is 56.6 Å². The van der Waals surface area contributed by atoms with Crippen LogP contribution in [0.3, 0.4) is 0 Å². The number of nitrogens with one attached hydrogen (secondary N) is 1. The molecule has 0 fully saturated rings. The molecule has 1 N–H and O–H groups in total. The Hall–Kier alpha value is -2.40. The van der Waals surface area contributed by atoms with Crippen LogP contribution in [0.15, 0.2) is 49.2 Å². The first kappa shape index (κ1) is 13.3. The quantitative estimate of drug-likeness (QED) is 0.752. The van der Waals surface area contributed by atoms with Crippen LogP contribution in [0.4, 0.5) is 0 Å². The highest BCUT2D eigenvalue weighted by molar-refractivity contribution is 5.85. The van der Waals surface area contributed by atoms with E-state index >= 15 is 0 Å². The van der Waals surface area contributed by atoms with Crippen LogP contribution in [0.5, 0.6) is 0 Å². The Morgan fingerprint density at radius 3 is 2.86 bits per heavy atom. The van der Waals surface area contributed by atoms with Gasteiger partial charge in [0.1, 0.15) is 12.7 Å². The van der Waals surface area contributed by atoms with Gasteiger partial charge >= 0.3 is 0 Å². The van der Waals surface area contributed by atoms with E-state index in [-0.39, 0.29) is 0 Å². The predicted octanol–water partition coefficient (Wildman–Crippen LogP) is 2.55. The van der Waals surface area contributed by atoms with E-state index in [0.717, 1.165) is 25.2 Å². The molecule has 0 saturated heterocycles. The van der Waals surface area contributed by atoms with Crippen molar-refractivity contribution in [3.05, 3.63) is 54.8 Å². The Labute approximate surface area is 129 Å². The number of benzene rings is 1. The summed E-state index contributed by atoms with van der Waals surface area (Å²) in [6.07, 6.45) is 12.4. The summed E-state index contributed by atoms with van der Waals surface area (Å²) in [7, 11) is 0. The fourth-order valence-electron chi connectivity index (χ4n) is 3.04. The Bertz CT molecular complexity index is 785. The van der Waals surface area contributed by atoms with Gasteiger partial charge in [0.05, 0.1) is 0 Å². The SMILES string of the molecule is C1=CCN(CCc2c[nH]c3ccc(-n4cnnc4)cc23)CC1. The number of hydrogen-bond acceptors (Lipinski definition) is 3. The van der Waals surface area contributed by atoms with Gasteiger partial charge < -0.3 is 4.98 Å². The van der Waals surface area contributed by atoms with Gasteiger partial charge in [-0.1, -0.05) is 12.2 Å². The van der Waals surface area contributed by atoms with Gasteiger partial charge in [-0.25, -0.2) is 0 Å². The molecule has 0 saturated carbocycles. The lowest BCUT2D eigenvalue weighted by molar-refractivity contribution is 0.303. The third-order valence-corrected chi connectivity index (χ3v) is 4.31. The third-order valence-electron chi connectivity index (χ3n) is 4.31. The van der Waals surface area contributed by atoms with E-state index < -0.39 is 0 Å². The van der Waals surface area contributed by atoms with Crippen LogP contribution in [-0.4, -0.2) is 44.3 Å². The highest BCUT2D eigenvalue weighted by Crippen LogP contribution is 2.22. The molecule has 0 unspecified atom stereocenters. The monoisotopic (exact) mass is 293 g/mol. The van der Waals surface area contributed by atoms with Gasteiger partial charge in [-0.3, -0.25) is 9.47 Å². The molecule has 2 aromatic heterocycles. The second-order valence-electron chi connectivity index (χ2n) is 5.72. The van der Waals surface area contributed by atoms with Gasteiger partial charge in [0.15, 0.2) is 0 Å². The van der Waals surface area contributed by atoms with Crippen molar-refractivity contribution in [3.63, 3.8) is 0 Å². The normalized spacial score (nSPS) is 15.6. The Kier molecular flexibility index (Phi) is 3.48. The number of hydrogen-bond donors (Lipinski definition) is 1. The summed E-state index contributed by atoms with van der Waals surface area (Å²) in [6.45, 7) is 3.35. The maximum Gasteiger partial charge on any atom is 0.123 e. The minimum absolute atomic E-state index is 1.07. The molecule has 3 heterocycles. The lowest BCUT2D eigenvalue weighted by Gasteiger charge is -2.22. The number of fused-ring (bicyclic) bond motifs is 1. The zero-order valence-corrected chi connectivity index (χ0v) is 12.4. The van der Waals surface area contributed by atoms with Crippen LogP contribution in [0.25, 0.3) is 16.6 Å². The molecule has 5 heteroatoms. The topological polar surface area (TPSA) is 49.7 Å². The lowest BCUT2D eigenvalue weighted by atomic mass is 10.1. The van der Waals surface area contributed by atoms with Crippen molar-refractivity contribution in [2.75, 3.05) is 19.6 Å². The average Bonchev–Trinajstić information content (AvgIpc) is 3.23. The van der Waals surface area contributed by atoms with E-state index in [9.17, 15) is 0 Å². The first-order valence-electron chi connectivity index (χ1n) is 7.72. The van der Waals surface area contributed by atoms with E-state index in [1.807, 2.05) is 4.57 Å². The van der Waals surface area contributed by atoms with Crippen LogP contribution in [-0.2, 0) is 6.42 Å². The average molecular weight is 293 g/mol. The van der Waals surface area contributed by atoms with Crippen molar-refractivity contribution in [1.29, 1.82) is 0 Å². The van der Waals surface area contributed by atoms with Crippen molar-refractivity contribution in [2.24, 2.45) is 0 Å². The molecule has 0 spiro atoms. The number of aromatic nitrogens is 4. The highest BCUT2D eigenvalue weighted by atomic mass is 15.2. The lowest BCUT2D eigenvalue weighted by Crippen LogP contribution is -2.29. The Morgan fingerprint density at radius 1 is 1.14 bits per heavy atom. The Balaban J connectivity index is 1.58. The summed E-state index contributed by atoms with van der Waals surface area (Å²) in [5, 5.41) is 9.05. The third kappa shape index (κ3) is 2.55. The fraction of sp³-hybridized carbons (Fsp3) is 0.294. The van der Waals surface area contributed by atoms with Gasteiger partial charge in [-0.15, -0.1) is 10.2 Å². The van der Waals surface area contributed by atoms with Gasteiger partial charge in [-0.05, 0) is 36.6 Å². The van der Waals surface area contributed by atoms with Crippen molar-refractivity contribution >= 4 is 10.9 Å². The number of nitrogens with zero attached hydrogens (tertiary/aromatic N) is 4. The van der Waals surface area contributed by atoms with E-state index in [1.54, 1.807) is 12.7 Å². The zero-order chi connectivity index (χ0) is 14.8. The summed E-state index contributed by atoms with van der Waals surface area (Å²) in [5.74, 6) is 0. The molecule has 5 nitrogen and oxygen atoms in total. The molecule has 0 radical (unpaired) electrons. The number of rotatable bonds is 4. The first-order chi connectivity index (χ1) is 10.9. The molecule has 112 valence electrons. The van der Waals surface area contributed by atoms with Crippen LogP contribution in [0, 0.1) is 0 Å². The second kappa shape index (κ2) is 5.77. The van der Waals surface area contributed by atoms with E-state index in [1.165, 1.54) is 29.4 Å². The van der Waals surface area contributed by atoms with Crippen molar-refractivity contribution < 1.29 is 0 Å². The smallest absolute Gasteiger partial charge is 0.123 e. The highest BCUT2D eigenvalue weighted by Gasteiger charge is 2.09. The number of aromatic amines is 1. The molecule has 0 bridgehead atoms. The number of H-pyrrole nitrogens is 1. The van der Waals surface area contributed by atoms with Crippen LogP contribution >= 0.6 is 0 Å². The summed E-state index contributed by atoms with van der Waals surface area (Å²) in [6, 6.07) is 6.42. The molecule has 4 rings (SSSR count). The Morgan fingerprint density at radius 2 is 2.05 bits per heavy atom. The first-order valence-corrected chi connectivity index (χ1v) is 7.72. The van der Waals surface area contributed by atoms with E-state index in [4.69, 9.17) is 0 Å². The van der Waals surface area contributed by atoms with Gasteiger partial charge in [0.25, 0.3) is 0 Å². The summed E-state index contributed by atoms with van der Waals surface area (Å²) < 4.78 is 1.94. The van der Waals surface area contributed by atoms with Crippen LogP contribution in [0.2, 0.25) is 0 Å². The van der Waals surface area contributed by atoms with Gasteiger partial charge in [0.2, 0.25) is 0 Å². The van der Waals surface area contributed by atoms with Crippen LogP contribution < -0.4 is 0 Å². The standard InChI is InChI=1S/C17H19N5/c1-2-7-21(8-3-1)9-6-14-11-18-17-5-4-15(10-16(14)17)22-12-19-20-13-22/h1-2,4-5,10-13,18H,3,6-9H2. The fourth-order valence-corrected chi connectivity index (χ4v) is 3.04. The molecule has 0 amide bonds. The minimum Gasteiger partial charge on any atom is -0.361 e. The maximum atomic E-state index is 3.88. The largest absolute Gasteiger partial charge is 0.361 e. The van der Waals surface area contributed by atoms with Crippen molar-refractivity contribution in [1.82, 2.24) is 24.6 Å². The second-order valence-corrected chi connectivity index (χ2v) is 5.72. The summed E-state index contributed by atoms with van der Waals surface area (Å²) in [5.41, 5.74) is 3.66. The van der Waals surface area contributed by atoms with Crippen molar-refractivity contribution in [2.45, 2.75) is 12.8 Å². The summed E-state index contributed by atoms with van der Waals surface area (Å²) >= 11 is 0. The molecule has 1 aliphatic heterocycles. The van der Waals surface area contributed by atoms with Crippen molar-refractivity contribution in [3.8, 4) is 5.69 Å². The molecule has 3 aromatic rings. The molecule has 0 atom stereocenters. The minimum atomic E-state index is 1.07. The molecular weight excluding hydrogens is 274 g/mol. The zero-order valence-electron chi connectivity index (χ0n) is 12.4.